The van der Waals surface area contributed by atoms with Crippen molar-refractivity contribution in [2.45, 2.75) is 18.6 Å². The summed E-state index contributed by atoms with van der Waals surface area (Å²) in [6.07, 6.45) is 2.69. The number of hydrogen-bond acceptors (Lipinski definition) is 8. The predicted molar refractivity (Wildman–Crippen MR) is 125 cm³/mol. The number of benzene rings is 2. The third-order valence-corrected chi connectivity index (χ3v) is 6.33. The molecule has 2 fully saturated rings. The van der Waals surface area contributed by atoms with E-state index in [1.54, 1.807) is 25.3 Å². The fraction of sp³-hybridized carbons (Fsp3) is 0.391. The van der Waals surface area contributed by atoms with Crippen molar-refractivity contribution < 1.29 is 23.3 Å². The molecule has 0 radical (unpaired) electrons. The van der Waals surface area contributed by atoms with E-state index in [1.807, 2.05) is 6.07 Å². The minimum Gasteiger partial charge on any atom is -0.493 e. The third-order valence-electron chi connectivity index (χ3n) is 5.84. The Morgan fingerprint density at radius 3 is 2.73 bits per heavy atom. The highest BCUT2D eigenvalue weighted by atomic mass is 79.9. The summed E-state index contributed by atoms with van der Waals surface area (Å²) in [4.78, 5) is 11.0. The molecule has 33 heavy (non-hydrogen) atoms. The summed E-state index contributed by atoms with van der Waals surface area (Å²) < 4.78 is 37.7. The van der Waals surface area contributed by atoms with Crippen LogP contribution in [-0.2, 0) is 9.47 Å². The maximum atomic E-state index is 14.3. The van der Waals surface area contributed by atoms with Gasteiger partial charge in [-0.1, -0.05) is 15.9 Å². The topological polar surface area (TPSA) is 78.0 Å². The normalized spacial score (nSPS) is 20.2. The summed E-state index contributed by atoms with van der Waals surface area (Å²) in [7, 11) is 1.59. The van der Waals surface area contributed by atoms with Crippen LogP contribution in [0.25, 0.3) is 10.9 Å². The van der Waals surface area contributed by atoms with Gasteiger partial charge in [0, 0.05) is 35.6 Å². The molecule has 2 saturated heterocycles. The van der Waals surface area contributed by atoms with Gasteiger partial charge in [0.15, 0.2) is 11.5 Å². The molecule has 1 aromatic heterocycles. The first-order valence-corrected chi connectivity index (χ1v) is 11.5. The van der Waals surface area contributed by atoms with Gasteiger partial charge in [-0.3, -0.25) is 4.90 Å². The van der Waals surface area contributed by atoms with Gasteiger partial charge in [-0.25, -0.2) is 14.4 Å². The Morgan fingerprint density at radius 1 is 1.15 bits per heavy atom. The SMILES string of the molecule is COc1cc2c(Nc3ccc(Br)cc3F)ncnc2cc1OCCCN1CC2OCOC2C1. The molecule has 0 spiro atoms. The molecule has 3 aromatic rings. The van der Waals surface area contributed by atoms with Crippen LogP contribution in [0.1, 0.15) is 6.42 Å². The van der Waals surface area contributed by atoms with E-state index in [2.05, 4.69) is 36.1 Å². The minimum absolute atomic E-state index is 0.194. The van der Waals surface area contributed by atoms with Crippen LogP contribution in [0, 0.1) is 5.82 Å². The molecule has 2 atom stereocenters. The Balaban J connectivity index is 1.26. The number of halogens is 2. The molecule has 0 aliphatic carbocycles. The zero-order valence-electron chi connectivity index (χ0n) is 18.1. The summed E-state index contributed by atoms with van der Waals surface area (Å²) in [5, 5.41) is 3.75. The highest BCUT2D eigenvalue weighted by molar-refractivity contribution is 9.10. The fourth-order valence-corrected chi connectivity index (χ4v) is 4.49. The van der Waals surface area contributed by atoms with Crippen molar-refractivity contribution in [2.24, 2.45) is 0 Å². The molecule has 174 valence electrons. The van der Waals surface area contributed by atoms with Gasteiger partial charge in [-0.2, -0.15) is 0 Å². The summed E-state index contributed by atoms with van der Waals surface area (Å²) >= 11 is 3.27. The van der Waals surface area contributed by atoms with Crippen molar-refractivity contribution in [1.82, 2.24) is 14.9 Å². The number of ether oxygens (including phenoxy) is 4. The van der Waals surface area contributed by atoms with Gasteiger partial charge in [0.05, 0.1) is 24.9 Å². The third kappa shape index (κ3) is 4.89. The van der Waals surface area contributed by atoms with E-state index in [0.717, 1.165) is 26.1 Å². The predicted octanol–water partition coefficient (Wildman–Crippen LogP) is 4.11. The van der Waals surface area contributed by atoms with Crippen molar-refractivity contribution in [2.75, 3.05) is 45.5 Å². The molecule has 8 nitrogen and oxygen atoms in total. The van der Waals surface area contributed by atoms with Gasteiger partial charge in [-0.05, 0) is 30.7 Å². The lowest BCUT2D eigenvalue weighted by Crippen LogP contribution is -2.26. The number of aromatic nitrogens is 2. The van der Waals surface area contributed by atoms with Gasteiger partial charge in [-0.15, -0.1) is 0 Å². The molecule has 2 aliphatic rings. The van der Waals surface area contributed by atoms with Gasteiger partial charge >= 0.3 is 0 Å². The standard InChI is InChI=1S/C23H24BrFN4O4/c1-30-19-8-15-18(26-12-27-23(15)28-17-4-3-14(24)7-16(17)25)9-20(19)31-6-2-5-29-10-21-22(11-29)33-13-32-21/h3-4,7-9,12,21-22H,2,5-6,10-11,13H2,1H3,(H,26,27,28). The van der Waals surface area contributed by atoms with Gasteiger partial charge < -0.3 is 24.3 Å². The summed E-state index contributed by atoms with van der Waals surface area (Å²) in [6, 6.07) is 8.43. The van der Waals surface area contributed by atoms with E-state index >= 15 is 0 Å². The lowest BCUT2D eigenvalue weighted by atomic mass is 10.2. The molecule has 0 amide bonds. The van der Waals surface area contributed by atoms with E-state index < -0.39 is 0 Å². The summed E-state index contributed by atoms with van der Waals surface area (Å²) in [5.41, 5.74) is 0.988. The molecule has 5 rings (SSSR count). The van der Waals surface area contributed by atoms with E-state index in [0.29, 0.717) is 51.8 Å². The zero-order valence-corrected chi connectivity index (χ0v) is 19.7. The van der Waals surface area contributed by atoms with Crippen LogP contribution in [-0.4, -0.2) is 67.2 Å². The molecule has 2 aliphatic heterocycles. The number of likely N-dealkylation sites (tertiary alicyclic amines) is 1. The highest BCUT2D eigenvalue weighted by Gasteiger charge is 2.38. The van der Waals surface area contributed by atoms with Crippen LogP contribution < -0.4 is 14.8 Å². The number of fused-ring (bicyclic) bond motifs is 2. The van der Waals surface area contributed by atoms with Crippen LogP contribution >= 0.6 is 15.9 Å². The lowest BCUT2D eigenvalue weighted by Gasteiger charge is -2.17. The molecule has 2 unspecified atom stereocenters. The second kappa shape index (κ2) is 9.76. The molecule has 3 heterocycles. The maximum Gasteiger partial charge on any atom is 0.163 e. The number of hydrogen-bond donors (Lipinski definition) is 1. The zero-order chi connectivity index (χ0) is 22.8. The minimum atomic E-state index is -0.386. The smallest absolute Gasteiger partial charge is 0.163 e. The van der Waals surface area contributed by atoms with E-state index in [4.69, 9.17) is 18.9 Å². The van der Waals surface area contributed by atoms with Crippen molar-refractivity contribution in [1.29, 1.82) is 0 Å². The first-order valence-electron chi connectivity index (χ1n) is 10.7. The monoisotopic (exact) mass is 518 g/mol. The molecular formula is C23H24BrFN4O4. The number of rotatable bonds is 8. The fourth-order valence-electron chi connectivity index (χ4n) is 4.16. The molecule has 2 aromatic carbocycles. The average molecular weight is 519 g/mol. The Hall–Kier alpha value is -2.53. The van der Waals surface area contributed by atoms with Gasteiger partial charge in [0.1, 0.15) is 37.0 Å². The Morgan fingerprint density at radius 2 is 1.97 bits per heavy atom. The Labute approximate surface area is 199 Å². The van der Waals surface area contributed by atoms with Crippen molar-refractivity contribution in [3.8, 4) is 11.5 Å². The van der Waals surface area contributed by atoms with Crippen LogP contribution in [0.2, 0.25) is 0 Å². The van der Waals surface area contributed by atoms with E-state index in [9.17, 15) is 4.39 Å². The molecule has 10 heteroatoms. The summed E-state index contributed by atoms with van der Waals surface area (Å²) in [6.45, 7) is 3.65. The second-order valence-corrected chi connectivity index (χ2v) is 8.90. The molecule has 0 saturated carbocycles. The van der Waals surface area contributed by atoms with Crippen LogP contribution in [0.4, 0.5) is 15.9 Å². The number of anilines is 2. The number of nitrogens with zero attached hydrogens (tertiary/aromatic N) is 3. The average Bonchev–Trinajstić information content (AvgIpc) is 3.40. The quantitative estimate of drug-likeness (QED) is 0.446. The highest BCUT2D eigenvalue weighted by Crippen LogP contribution is 2.35. The van der Waals surface area contributed by atoms with Crippen LogP contribution in [0.3, 0.4) is 0 Å². The largest absolute Gasteiger partial charge is 0.493 e. The number of methoxy groups -OCH3 is 1. The van der Waals surface area contributed by atoms with E-state index in [1.165, 1.54) is 12.4 Å². The Bertz CT molecular complexity index is 1140. The first kappa shape index (κ1) is 22.3. The van der Waals surface area contributed by atoms with Crippen molar-refractivity contribution in [3.63, 3.8) is 0 Å². The van der Waals surface area contributed by atoms with E-state index in [-0.39, 0.29) is 18.0 Å². The van der Waals surface area contributed by atoms with Crippen molar-refractivity contribution in [3.05, 3.63) is 46.9 Å². The van der Waals surface area contributed by atoms with Crippen LogP contribution in [0.15, 0.2) is 41.1 Å². The molecule has 1 N–H and O–H groups in total. The maximum absolute atomic E-state index is 14.3. The number of nitrogens with one attached hydrogen (secondary N) is 1. The van der Waals surface area contributed by atoms with Gasteiger partial charge in [0.2, 0.25) is 0 Å². The summed E-state index contributed by atoms with van der Waals surface area (Å²) in [5.74, 6) is 1.27. The lowest BCUT2D eigenvalue weighted by molar-refractivity contribution is 0.0149. The van der Waals surface area contributed by atoms with Crippen molar-refractivity contribution >= 4 is 38.3 Å². The molecule has 0 bridgehead atoms. The van der Waals surface area contributed by atoms with Gasteiger partial charge in [0.25, 0.3) is 0 Å². The van der Waals surface area contributed by atoms with Crippen LogP contribution in [0.5, 0.6) is 11.5 Å². The molecular weight excluding hydrogens is 495 g/mol. The second-order valence-electron chi connectivity index (χ2n) is 7.98. The Kier molecular flexibility index (Phi) is 6.59. The first-order chi connectivity index (χ1) is 16.1.